The minimum atomic E-state index is -0.536. The van der Waals surface area contributed by atoms with Gasteiger partial charge >= 0.3 is 0 Å². The van der Waals surface area contributed by atoms with E-state index < -0.39 is 5.92 Å². The van der Waals surface area contributed by atoms with Crippen LogP contribution in [0.15, 0.2) is 18.2 Å². The van der Waals surface area contributed by atoms with Gasteiger partial charge in [-0.15, -0.1) is 0 Å². The number of hydrogen-bond donors (Lipinski definition) is 1. The summed E-state index contributed by atoms with van der Waals surface area (Å²) in [5, 5.41) is 12.3. The molecule has 0 radical (unpaired) electrons. The molecule has 0 aliphatic heterocycles. The number of carbonyl (C=O) groups is 1. The highest BCUT2D eigenvalue weighted by atomic mass is 16.1. The average Bonchev–Trinajstić information content (AvgIpc) is 3.23. The molecule has 0 aromatic heterocycles. The fraction of sp³-hybridized carbons (Fsp3) is 0.556. The van der Waals surface area contributed by atoms with E-state index in [-0.39, 0.29) is 17.9 Å². The molecule has 21 heavy (non-hydrogen) atoms. The van der Waals surface area contributed by atoms with Crippen LogP contribution in [0.25, 0.3) is 0 Å². The Morgan fingerprint density at radius 1 is 1.33 bits per heavy atom. The molecule has 3 nitrogen and oxygen atoms in total. The zero-order valence-corrected chi connectivity index (χ0v) is 13.3. The summed E-state index contributed by atoms with van der Waals surface area (Å²) in [4.78, 5) is 12.4. The molecule has 1 aromatic carbocycles. The fourth-order valence-electron chi connectivity index (χ4n) is 3.00. The molecule has 0 saturated heterocycles. The van der Waals surface area contributed by atoms with E-state index in [1.54, 1.807) is 0 Å². The lowest BCUT2D eigenvalue weighted by Crippen LogP contribution is -2.36. The second-order valence-corrected chi connectivity index (χ2v) is 6.39. The van der Waals surface area contributed by atoms with Crippen molar-refractivity contribution >= 4 is 5.91 Å². The highest BCUT2D eigenvalue weighted by molar-refractivity contribution is 5.81. The van der Waals surface area contributed by atoms with Gasteiger partial charge in [0, 0.05) is 0 Å². The smallest absolute Gasteiger partial charge is 0.238 e. The summed E-state index contributed by atoms with van der Waals surface area (Å²) in [7, 11) is 0. The maximum absolute atomic E-state index is 12.4. The summed E-state index contributed by atoms with van der Waals surface area (Å²) >= 11 is 0. The Kier molecular flexibility index (Phi) is 4.67. The second-order valence-electron chi connectivity index (χ2n) is 6.39. The minimum Gasteiger partial charge on any atom is -0.348 e. The average molecular weight is 284 g/mol. The van der Waals surface area contributed by atoms with Crippen LogP contribution in [-0.2, 0) is 4.79 Å². The fourth-order valence-corrected chi connectivity index (χ4v) is 3.00. The minimum absolute atomic E-state index is 0.0691. The zero-order valence-electron chi connectivity index (χ0n) is 13.3. The molecule has 1 amide bonds. The van der Waals surface area contributed by atoms with Gasteiger partial charge in [0.05, 0.1) is 12.1 Å². The van der Waals surface area contributed by atoms with Crippen molar-refractivity contribution in [2.45, 2.75) is 46.6 Å². The number of nitriles is 1. The first-order valence-corrected chi connectivity index (χ1v) is 7.71. The zero-order chi connectivity index (χ0) is 15.6. The van der Waals surface area contributed by atoms with E-state index in [1.807, 2.05) is 13.8 Å². The Balaban J connectivity index is 2.05. The number of aryl methyl sites for hydroxylation is 2. The summed E-state index contributed by atoms with van der Waals surface area (Å²) in [6, 6.07) is 8.35. The number of hydrogen-bond acceptors (Lipinski definition) is 2. The van der Waals surface area contributed by atoms with Crippen LogP contribution >= 0.6 is 0 Å². The Morgan fingerprint density at radius 2 is 2.00 bits per heavy atom. The van der Waals surface area contributed by atoms with Crippen molar-refractivity contribution in [3.05, 3.63) is 34.9 Å². The normalized spacial score (nSPS) is 18.4. The van der Waals surface area contributed by atoms with Gasteiger partial charge in [-0.1, -0.05) is 30.7 Å². The van der Waals surface area contributed by atoms with Crippen LogP contribution in [-0.4, -0.2) is 5.91 Å². The van der Waals surface area contributed by atoms with E-state index in [4.69, 9.17) is 0 Å². The highest BCUT2D eigenvalue weighted by Crippen LogP contribution is 2.40. The maximum atomic E-state index is 12.4. The SMILES string of the molecule is Cc1ccc(C(C)NC(=O)C(C#N)C(C)C2CC2)c(C)c1. The molecule has 3 atom stereocenters. The summed E-state index contributed by atoms with van der Waals surface area (Å²) in [5.41, 5.74) is 3.50. The number of benzene rings is 1. The van der Waals surface area contributed by atoms with Crippen LogP contribution in [0.4, 0.5) is 0 Å². The number of nitrogens with zero attached hydrogens (tertiary/aromatic N) is 1. The van der Waals surface area contributed by atoms with Crippen molar-refractivity contribution in [1.82, 2.24) is 5.32 Å². The quantitative estimate of drug-likeness (QED) is 0.897. The highest BCUT2D eigenvalue weighted by Gasteiger charge is 2.37. The van der Waals surface area contributed by atoms with E-state index in [9.17, 15) is 10.1 Å². The van der Waals surface area contributed by atoms with Gasteiger partial charge in [0.15, 0.2) is 0 Å². The number of amides is 1. The van der Waals surface area contributed by atoms with Crippen molar-refractivity contribution in [2.24, 2.45) is 17.8 Å². The molecule has 0 bridgehead atoms. The van der Waals surface area contributed by atoms with Crippen LogP contribution in [0.1, 0.15) is 49.4 Å². The molecule has 1 aliphatic rings. The van der Waals surface area contributed by atoms with Gasteiger partial charge in [-0.2, -0.15) is 5.26 Å². The third-order valence-corrected chi connectivity index (χ3v) is 4.56. The van der Waals surface area contributed by atoms with Gasteiger partial charge in [0.2, 0.25) is 5.91 Å². The van der Waals surface area contributed by atoms with Gasteiger partial charge < -0.3 is 5.32 Å². The van der Waals surface area contributed by atoms with E-state index >= 15 is 0 Å². The van der Waals surface area contributed by atoms with Gasteiger partial charge in [0.1, 0.15) is 5.92 Å². The van der Waals surface area contributed by atoms with Crippen LogP contribution < -0.4 is 5.32 Å². The largest absolute Gasteiger partial charge is 0.348 e. The van der Waals surface area contributed by atoms with Crippen molar-refractivity contribution < 1.29 is 4.79 Å². The first-order valence-electron chi connectivity index (χ1n) is 7.71. The summed E-state index contributed by atoms with van der Waals surface area (Å²) in [6.45, 7) is 8.11. The standard InChI is InChI=1S/C18H24N2O/c1-11-5-8-16(12(2)9-11)14(4)20-18(21)17(10-19)13(3)15-6-7-15/h5,8-9,13-15,17H,6-7H2,1-4H3,(H,20,21). The lowest BCUT2D eigenvalue weighted by atomic mass is 9.89. The molecule has 1 fully saturated rings. The van der Waals surface area contributed by atoms with Crippen molar-refractivity contribution in [1.29, 1.82) is 5.26 Å². The molecular weight excluding hydrogens is 260 g/mol. The molecule has 1 saturated carbocycles. The molecule has 3 unspecified atom stereocenters. The Hall–Kier alpha value is -1.82. The molecule has 0 heterocycles. The third kappa shape index (κ3) is 3.64. The summed E-state index contributed by atoms with van der Waals surface area (Å²) in [6.07, 6.45) is 2.30. The predicted molar refractivity (Wildman–Crippen MR) is 83.5 cm³/mol. The van der Waals surface area contributed by atoms with E-state index in [2.05, 4.69) is 43.4 Å². The lowest BCUT2D eigenvalue weighted by Gasteiger charge is -2.21. The van der Waals surface area contributed by atoms with Crippen molar-refractivity contribution in [3.63, 3.8) is 0 Å². The van der Waals surface area contributed by atoms with Gasteiger partial charge in [0.25, 0.3) is 0 Å². The van der Waals surface area contributed by atoms with Crippen molar-refractivity contribution in [3.8, 4) is 6.07 Å². The molecule has 1 N–H and O–H groups in total. The topological polar surface area (TPSA) is 52.9 Å². The molecule has 3 heteroatoms. The molecule has 1 aromatic rings. The molecule has 0 spiro atoms. The van der Waals surface area contributed by atoms with Gasteiger partial charge in [-0.25, -0.2) is 0 Å². The van der Waals surface area contributed by atoms with Gasteiger partial charge in [-0.05, 0) is 56.6 Å². The van der Waals surface area contributed by atoms with E-state index in [1.165, 1.54) is 11.1 Å². The predicted octanol–water partition coefficient (Wildman–Crippen LogP) is 3.67. The molecular formula is C18H24N2O. The summed E-state index contributed by atoms with van der Waals surface area (Å²) in [5.74, 6) is 0.0354. The van der Waals surface area contributed by atoms with Gasteiger partial charge in [-0.3, -0.25) is 4.79 Å². The maximum Gasteiger partial charge on any atom is 0.238 e. The first-order chi connectivity index (χ1) is 9.93. The number of rotatable bonds is 5. The van der Waals surface area contributed by atoms with Crippen LogP contribution in [0.2, 0.25) is 0 Å². The Morgan fingerprint density at radius 3 is 2.52 bits per heavy atom. The van der Waals surface area contributed by atoms with Crippen LogP contribution in [0.5, 0.6) is 0 Å². The number of nitrogens with one attached hydrogen (secondary N) is 1. The van der Waals surface area contributed by atoms with Crippen LogP contribution in [0, 0.1) is 42.9 Å². The Labute approximate surface area is 127 Å². The molecule has 1 aliphatic carbocycles. The second kappa shape index (κ2) is 6.30. The number of carbonyl (C=O) groups excluding carboxylic acids is 1. The molecule has 2 rings (SSSR count). The lowest BCUT2D eigenvalue weighted by molar-refractivity contribution is -0.125. The summed E-state index contributed by atoms with van der Waals surface area (Å²) < 4.78 is 0. The third-order valence-electron chi connectivity index (χ3n) is 4.56. The Bertz CT molecular complexity index is 569. The van der Waals surface area contributed by atoms with Crippen molar-refractivity contribution in [2.75, 3.05) is 0 Å². The van der Waals surface area contributed by atoms with E-state index in [0.29, 0.717) is 5.92 Å². The molecule has 112 valence electrons. The monoisotopic (exact) mass is 284 g/mol. The van der Waals surface area contributed by atoms with E-state index in [0.717, 1.165) is 18.4 Å². The van der Waals surface area contributed by atoms with Crippen LogP contribution in [0.3, 0.4) is 0 Å². The first kappa shape index (κ1) is 15.6.